The van der Waals surface area contributed by atoms with Gasteiger partial charge in [-0.05, 0) is 65.1 Å². The first-order valence-corrected chi connectivity index (χ1v) is 17.3. The van der Waals surface area contributed by atoms with E-state index in [4.69, 9.17) is 9.47 Å². The maximum atomic E-state index is 6.75. The fraction of sp³-hybridized carbons (Fsp3) is 0.130. The molecule has 3 heteroatoms. The Kier molecular flexibility index (Phi) is 6.58. The Balaban J connectivity index is 0.985. The average Bonchev–Trinajstić information content (AvgIpc) is 3.74. The summed E-state index contributed by atoms with van der Waals surface area (Å²) in [4.78, 5) is 2.39. The Labute approximate surface area is 287 Å². The van der Waals surface area contributed by atoms with E-state index in [0.717, 1.165) is 29.3 Å². The third kappa shape index (κ3) is 4.64. The van der Waals surface area contributed by atoms with Gasteiger partial charge in [0.1, 0.15) is 23.7 Å². The Morgan fingerprint density at radius 3 is 2.16 bits per heavy atom. The highest BCUT2D eigenvalue weighted by Gasteiger charge is 2.41. The van der Waals surface area contributed by atoms with Crippen molar-refractivity contribution in [3.05, 3.63) is 204 Å². The molecule has 0 aromatic heterocycles. The minimum Gasteiger partial charge on any atom is -0.484 e. The Morgan fingerprint density at radius 2 is 1.33 bits per heavy atom. The van der Waals surface area contributed by atoms with Crippen LogP contribution >= 0.6 is 0 Å². The van der Waals surface area contributed by atoms with Crippen LogP contribution in [0.15, 0.2) is 181 Å². The van der Waals surface area contributed by atoms with E-state index in [9.17, 15) is 0 Å². The third-order valence-electron chi connectivity index (χ3n) is 10.7. The number of rotatable bonds is 5. The van der Waals surface area contributed by atoms with Crippen LogP contribution < -0.4 is 14.4 Å². The molecule has 0 radical (unpaired) electrons. The van der Waals surface area contributed by atoms with Crippen molar-refractivity contribution in [3.63, 3.8) is 0 Å². The lowest BCUT2D eigenvalue weighted by molar-refractivity contribution is 0.222. The van der Waals surface area contributed by atoms with Gasteiger partial charge >= 0.3 is 0 Å². The second-order valence-electron chi connectivity index (χ2n) is 13.5. The lowest BCUT2D eigenvalue weighted by Gasteiger charge is -2.36. The topological polar surface area (TPSA) is 21.7 Å². The molecule has 5 unspecified atom stereocenters. The smallest absolute Gasteiger partial charge is 0.149 e. The van der Waals surface area contributed by atoms with Crippen LogP contribution in [0.5, 0.6) is 11.5 Å². The van der Waals surface area contributed by atoms with Gasteiger partial charge in [0.25, 0.3) is 0 Å². The first-order chi connectivity index (χ1) is 24.3. The van der Waals surface area contributed by atoms with Gasteiger partial charge in [0.2, 0.25) is 0 Å². The van der Waals surface area contributed by atoms with Gasteiger partial charge in [-0.25, -0.2) is 0 Å². The van der Waals surface area contributed by atoms with Crippen LogP contribution in [-0.2, 0) is 0 Å². The van der Waals surface area contributed by atoms with Gasteiger partial charge < -0.3 is 14.4 Å². The van der Waals surface area contributed by atoms with Gasteiger partial charge in [0, 0.05) is 45.8 Å². The monoisotopic (exact) mass is 633 g/mol. The van der Waals surface area contributed by atoms with Gasteiger partial charge in [0.15, 0.2) is 0 Å². The molecule has 236 valence electrons. The molecular formula is C46H35NO2. The van der Waals surface area contributed by atoms with Crippen molar-refractivity contribution in [2.24, 2.45) is 5.92 Å². The third-order valence-corrected chi connectivity index (χ3v) is 10.7. The number of anilines is 1. The number of hydrogen-bond donors (Lipinski definition) is 0. The fourth-order valence-electron chi connectivity index (χ4n) is 8.43. The normalized spacial score (nSPS) is 23.8. The van der Waals surface area contributed by atoms with Gasteiger partial charge in [-0.15, -0.1) is 0 Å². The van der Waals surface area contributed by atoms with Crippen molar-refractivity contribution in [2.45, 2.75) is 30.5 Å². The summed E-state index contributed by atoms with van der Waals surface area (Å²) >= 11 is 0. The summed E-state index contributed by atoms with van der Waals surface area (Å²) in [5.74, 6) is 2.61. The number of ether oxygens (including phenoxy) is 2. The number of hydrogen-bond acceptors (Lipinski definition) is 3. The molecule has 0 fully saturated rings. The molecule has 2 heterocycles. The number of para-hydroxylation sites is 2. The highest BCUT2D eigenvalue weighted by molar-refractivity contribution is 5.78. The van der Waals surface area contributed by atoms with E-state index in [1.54, 1.807) is 0 Å². The summed E-state index contributed by atoms with van der Waals surface area (Å²) in [6, 6.07) is 45.3. The highest BCUT2D eigenvalue weighted by atomic mass is 16.5. The van der Waals surface area contributed by atoms with E-state index in [1.807, 2.05) is 0 Å². The minimum atomic E-state index is -0.0793. The van der Waals surface area contributed by atoms with E-state index >= 15 is 0 Å². The van der Waals surface area contributed by atoms with Gasteiger partial charge in [-0.1, -0.05) is 134 Å². The van der Waals surface area contributed by atoms with Gasteiger partial charge in [0.05, 0.1) is 5.70 Å². The first-order valence-electron chi connectivity index (χ1n) is 17.3. The molecule has 0 saturated heterocycles. The van der Waals surface area contributed by atoms with E-state index in [-0.39, 0.29) is 30.0 Å². The van der Waals surface area contributed by atoms with E-state index in [2.05, 4.69) is 175 Å². The molecule has 49 heavy (non-hydrogen) atoms. The van der Waals surface area contributed by atoms with Crippen LogP contribution in [0, 0.1) is 5.92 Å². The molecule has 0 amide bonds. The SMILES string of the molecule is C1=CC2c3ccccc3OC2C(N(C2=CCC(C3=CC4c5ccc(-c6ccccc6)cc5OC4c4ccccc43)C=C2)c2ccccc2)=C1. The number of benzene rings is 5. The standard InChI is InChI=1S/C46H35NO2/c1-3-12-30(13-4-1)32-24-27-37-41-29-40(35-16-7-8-18-38(35)45(41)49-44(37)28-32)31-22-25-34(26-23-31)47(33-14-5-2-6-15-33)42-20-11-19-39-36-17-9-10-21-43(36)48-46(39)42/h1-22,24-29,31,39,41,45-46H,23H2. The van der Waals surface area contributed by atoms with Gasteiger partial charge in [-0.2, -0.15) is 0 Å². The predicted octanol–water partition coefficient (Wildman–Crippen LogP) is 10.9. The maximum Gasteiger partial charge on any atom is 0.149 e. The molecule has 2 aliphatic heterocycles. The first kappa shape index (κ1) is 28.2. The number of allylic oxidation sites excluding steroid dienone is 6. The summed E-state index contributed by atoms with van der Waals surface area (Å²) in [5, 5.41) is 0. The molecule has 0 spiro atoms. The Hall–Kier alpha value is -5.80. The Morgan fingerprint density at radius 1 is 0.592 bits per heavy atom. The molecule has 3 aliphatic carbocycles. The van der Waals surface area contributed by atoms with Gasteiger partial charge in [-0.3, -0.25) is 0 Å². The summed E-state index contributed by atoms with van der Waals surface area (Å²) in [6.07, 6.45) is 17.1. The number of nitrogens with zero attached hydrogens (tertiary/aromatic N) is 1. The summed E-state index contributed by atoms with van der Waals surface area (Å²) in [7, 11) is 0. The van der Waals surface area contributed by atoms with Crippen LogP contribution in [-0.4, -0.2) is 6.10 Å². The van der Waals surface area contributed by atoms with Crippen molar-refractivity contribution in [3.8, 4) is 22.6 Å². The maximum absolute atomic E-state index is 6.75. The van der Waals surface area contributed by atoms with Crippen LogP contribution in [0.25, 0.3) is 16.7 Å². The molecule has 0 saturated carbocycles. The molecule has 5 aliphatic rings. The molecule has 5 atom stereocenters. The summed E-state index contributed by atoms with van der Waals surface area (Å²) < 4.78 is 13.4. The zero-order valence-electron chi connectivity index (χ0n) is 27.0. The van der Waals surface area contributed by atoms with Crippen LogP contribution in [0.4, 0.5) is 5.69 Å². The molecule has 5 aromatic carbocycles. The lowest BCUT2D eigenvalue weighted by atomic mass is 9.75. The molecule has 10 rings (SSSR count). The largest absolute Gasteiger partial charge is 0.484 e. The van der Waals surface area contributed by atoms with Crippen LogP contribution in [0.2, 0.25) is 0 Å². The van der Waals surface area contributed by atoms with Crippen molar-refractivity contribution < 1.29 is 9.47 Å². The predicted molar refractivity (Wildman–Crippen MR) is 197 cm³/mol. The van der Waals surface area contributed by atoms with Crippen molar-refractivity contribution >= 4 is 11.3 Å². The number of fused-ring (bicyclic) bond motifs is 8. The van der Waals surface area contributed by atoms with Crippen molar-refractivity contribution in [1.82, 2.24) is 0 Å². The molecule has 0 bridgehead atoms. The van der Waals surface area contributed by atoms with Crippen molar-refractivity contribution in [1.29, 1.82) is 0 Å². The van der Waals surface area contributed by atoms with Crippen LogP contribution in [0.1, 0.15) is 46.6 Å². The highest BCUT2D eigenvalue weighted by Crippen LogP contribution is 2.54. The second-order valence-corrected chi connectivity index (χ2v) is 13.5. The van der Waals surface area contributed by atoms with E-state index in [1.165, 1.54) is 44.7 Å². The van der Waals surface area contributed by atoms with Crippen LogP contribution in [0.3, 0.4) is 0 Å². The van der Waals surface area contributed by atoms with E-state index in [0.29, 0.717) is 0 Å². The Bertz CT molecular complexity index is 2240. The summed E-state index contributed by atoms with van der Waals surface area (Å²) in [6.45, 7) is 0. The van der Waals surface area contributed by atoms with E-state index < -0.39 is 0 Å². The quantitative estimate of drug-likeness (QED) is 0.192. The molecule has 3 nitrogen and oxygen atoms in total. The van der Waals surface area contributed by atoms with Crippen molar-refractivity contribution in [2.75, 3.05) is 4.90 Å². The summed E-state index contributed by atoms with van der Waals surface area (Å²) in [5.41, 5.74) is 12.3. The second kappa shape index (κ2) is 11.4. The zero-order chi connectivity index (χ0) is 32.3. The molecule has 5 aromatic rings. The fourth-order valence-corrected chi connectivity index (χ4v) is 8.43. The molecular weight excluding hydrogens is 599 g/mol. The zero-order valence-corrected chi connectivity index (χ0v) is 27.0. The average molecular weight is 634 g/mol. The molecule has 0 N–H and O–H groups in total. The lowest BCUT2D eigenvalue weighted by Crippen LogP contribution is -2.35. The minimum absolute atomic E-state index is 0.0111.